The highest BCUT2D eigenvalue weighted by atomic mass is 35.5. The zero-order valence-corrected chi connectivity index (χ0v) is 9.77. The summed E-state index contributed by atoms with van der Waals surface area (Å²) in [6.45, 7) is 3.22. The van der Waals surface area contributed by atoms with Crippen LogP contribution in [-0.4, -0.2) is 19.0 Å². The van der Waals surface area contributed by atoms with Gasteiger partial charge in [-0.05, 0) is 17.7 Å². The van der Waals surface area contributed by atoms with Crippen LogP contribution in [0.15, 0.2) is 18.2 Å². The Balaban J connectivity index is 2.27. The van der Waals surface area contributed by atoms with Crippen LogP contribution in [0.1, 0.15) is 12.5 Å². The first-order valence-corrected chi connectivity index (χ1v) is 5.36. The van der Waals surface area contributed by atoms with E-state index in [0.717, 1.165) is 5.56 Å². The molecule has 1 amide bonds. The molecule has 0 aliphatic rings. The molecule has 0 spiro atoms. The van der Waals surface area contributed by atoms with Gasteiger partial charge in [0.05, 0.1) is 5.02 Å². The number of halogens is 2. The third-order valence-electron chi connectivity index (χ3n) is 1.99. The van der Waals surface area contributed by atoms with E-state index in [2.05, 4.69) is 10.6 Å². The van der Waals surface area contributed by atoms with E-state index in [1.165, 1.54) is 19.1 Å². The minimum atomic E-state index is -0.414. The van der Waals surface area contributed by atoms with Crippen LogP contribution in [0.3, 0.4) is 0 Å². The first-order chi connectivity index (χ1) is 7.59. The summed E-state index contributed by atoms with van der Waals surface area (Å²) in [4.78, 5) is 10.6. The summed E-state index contributed by atoms with van der Waals surface area (Å²) in [5.74, 6) is -0.470. The first-order valence-electron chi connectivity index (χ1n) is 4.98. The minimum absolute atomic E-state index is 0.0562. The molecule has 1 aromatic rings. The summed E-state index contributed by atoms with van der Waals surface area (Å²) in [6, 6.07) is 4.69. The fraction of sp³-hybridized carbons (Fsp3) is 0.364. The molecule has 0 aliphatic carbocycles. The van der Waals surface area contributed by atoms with Crippen LogP contribution in [0.4, 0.5) is 4.39 Å². The highest BCUT2D eigenvalue weighted by Crippen LogP contribution is 2.15. The Kier molecular flexibility index (Phi) is 5.22. The van der Waals surface area contributed by atoms with Crippen molar-refractivity contribution >= 4 is 17.5 Å². The molecule has 3 nitrogen and oxygen atoms in total. The highest BCUT2D eigenvalue weighted by Gasteiger charge is 2.00. The van der Waals surface area contributed by atoms with Gasteiger partial charge in [0.25, 0.3) is 0 Å². The van der Waals surface area contributed by atoms with Crippen molar-refractivity contribution in [1.29, 1.82) is 0 Å². The van der Waals surface area contributed by atoms with Gasteiger partial charge in [-0.25, -0.2) is 4.39 Å². The second kappa shape index (κ2) is 6.45. The van der Waals surface area contributed by atoms with Crippen molar-refractivity contribution in [3.63, 3.8) is 0 Å². The fourth-order valence-electron chi connectivity index (χ4n) is 1.21. The molecule has 0 radical (unpaired) electrons. The smallest absolute Gasteiger partial charge is 0.216 e. The average molecular weight is 245 g/mol. The molecule has 0 aromatic heterocycles. The standard InChI is InChI=1S/C11H14ClFN2O/c1-8(16)15-5-4-14-7-9-2-3-10(12)11(13)6-9/h2-3,6,14H,4-5,7H2,1H3,(H,15,16). The Bertz CT molecular complexity index is 371. The Morgan fingerprint density at radius 3 is 2.81 bits per heavy atom. The normalized spacial score (nSPS) is 10.2. The van der Waals surface area contributed by atoms with Crippen LogP contribution >= 0.6 is 11.6 Å². The maximum absolute atomic E-state index is 13.0. The van der Waals surface area contributed by atoms with Gasteiger partial charge in [-0.2, -0.15) is 0 Å². The van der Waals surface area contributed by atoms with Gasteiger partial charge in [-0.3, -0.25) is 4.79 Å². The van der Waals surface area contributed by atoms with Crippen molar-refractivity contribution in [3.05, 3.63) is 34.6 Å². The Morgan fingerprint density at radius 1 is 1.44 bits per heavy atom. The number of carbonyl (C=O) groups is 1. The fourth-order valence-corrected chi connectivity index (χ4v) is 1.33. The van der Waals surface area contributed by atoms with E-state index in [1.807, 2.05) is 0 Å². The zero-order valence-electron chi connectivity index (χ0n) is 9.02. The van der Waals surface area contributed by atoms with Gasteiger partial charge in [0.2, 0.25) is 5.91 Å². The van der Waals surface area contributed by atoms with Crippen molar-refractivity contribution in [1.82, 2.24) is 10.6 Å². The van der Waals surface area contributed by atoms with Crippen LogP contribution in [0.5, 0.6) is 0 Å². The lowest BCUT2D eigenvalue weighted by molar-refractivity contribution is -0.118. The minimum Gasteiger partial charge on any atom is -0.355 e. The average Bonchev–Trinajstić information content (AvgIpc) is 2.22. The third-order valence-corrected chi connectivity index (χ3v) is 2.30. The van der Waals surface area contributed by atoms with Crippen molar-refractivity contribution < 1.29 is 9.18 Å². The third kappa shape index (κ3) is 4.59. The second-order valence-electron chi connectivity index (χ2n) is 3.41. The SMILES string of the molecule is CC(=O)NCCNCc1ccc(Cl)c(F)c1. The lowest BCUT2D eigenvalue weighted by atomic mass is 10.2. The molecule has 0 unspecified atom stereocenters. The molecule has 2 N–H and O–H groups in total. The molecular formula is C11H14ClFN2O. The van der Waals surface area contributed by atoms with Crippen LogP contribution in [0.25, 0.3) is 0 Å². The Labute approximate surface area is 99.0 Å². The molecule has 0 saturated carbocycles. The van der Waals surface area contributed by atoms with Crippen molar-refractivity contribution in [2.24, 2.45) is 0 Å². The van der Waals surface area contributed by atoms with Crippen molar-refractivity contribution in [2.75, 3.05) is 13.1 Å². The highest BCUT2D eigenvalue weighted by molar-refractivity contribution is 6.30. The van der Waals surface area contributed by atoms with Crippen LogP contribution in [0.2, 0.25) is 5.02 Å². The Morgan fingerprint density at radius 2 is 2.19 bits per heavy atom. The summed E-state index contributed by atoms with van der Waals surface area (Å²) in [5.41, 5.74) is 0.824. The summed E-state index contributed by atoms with van der Waals surface area (Å²) < 4.78 is 13.0. The number of hydrogen-bond acceptors (Lipinski definition) is 2. The van der Waals surface area contributed by atoms with Gasteiger partial charge in [-0.1, -0.05) is 17.7 Å². The number of amides is 1. The predicted octanol–water partition coefficient (Wildman–Crippen LogP) is 1.70. The molecule has 88 valence electrons. The van der Waals surface area contributed by atoms with Crippen LogP contribution < -0.4 is 10.6 Å². The molecule has 0 saturated heterocycles. The molecule has 1 aromatic carbocycles. The monoisotopic (exact) mass is 244 g/mol. The molecule has 0 atom stereocenters. The molecule has 1 rings (SSSR count). The Hall–Kier alpha value is -1.13. The van der Waals surface area contributed by atoms with Gasteiger partial charge in [-0.15, -0.1) is 0 Å². The quantitative estimate of drug-likeness (QED) is 0.775. The van der Waals surface area contributed by atoms with E-state index in [0.29, 0.717) is 19.6 Å². The first kappa shape index (κ1) is 12.9. The van der Waals surface area contributed by atoms with Gasteiger partial charge in [0.1, 0.15) is 5.82 Å². The molecule has 0 fully saturated rings. The van der Waals surface area contributed by atoms with Crippen molar-refractivity contribution in [2.45, 2.75) is 13.5 Å². The van der Waals surface area contributed by atoms with Gasteiger partial charge >= 0.3 is 0 Å². The number of rotatable bonds is 5. The van der Waals surface area contributed by atoms with E-state index in [4.69, 9.17) is 11.6 Å². The molecular weight excluding hydrogens is 231 g/mol. The maximum atomic E-state index is 13.0. The summed E-state index contributed by atoms with van der Waals surface area (Å²) in [5, 5.41) is 5.86. The van der Waals surface area contributed by atoms with Crippen molar-refractivity contribution in [3.8, 4) is 0 Å². The van der Waals surface area contributed by atoms with Gasteiger partial charge in [0.15, 0.2) is 0 Å². The summed E-state index contributed by atoms with van der Waals surface area (Å²) in [7, 11) is 0. The van der Waals surface area contributed by atoms with Crippen LogP contribution in [0, 0.1) is 5.82 Å². The topological polar surface area (TPSA) is 41.1 Å². The number of carbonyl (C=O) groups excluding carboxylic acids is 1. The predicted molar refractivity (Wildman–Crippen MR) is 61.8 cm³/mol. The number of benzene rings is 1. The summed E-state index contributed by atoms with van der Waals surface area (Å²) >= 11 is 5.56. The largest absolute Gasteiger partial charge is 0.355 e. The zero-order chi connectivity index (χ0) is 12.0. The molecule has 0 aliphatic heterocycles. The summed E-state index contributed by atoms with van der Waals surface area (Å²) in [6.07, 6.45) is 0. The van der Waals surface area contributed by atoms with E-state index in [-0.39, 0.29) is 10.9 Å². The van der Waals surface area contributed by atoms with E-state index in [1.54, 1.807) is 6.07 Å². The number of hydrogen-bond donors (Lipinski definition) is 2. The van der Waals surface area contributed by atoms with Crippen LogP contribution in [-0.2, 0) is 11.3 Å². The lowest BCUT2D eigenvalue weighted by Gasteiger charge is -2.06. The van der Waals surface area contributed by atoms with E-state index >= 15 is 0 Å². The maximum Gasteiger partial charge on any atom is 0.216 e. The van der Waals surface area contributed by atoms with E-state index in [9.17, 15) is 9.18 Å². The number of nitrogens with one attached hydrogen (secondary N) is 2. The molecule has 16 heavy (non-hydrogen) atoms. The lowest BCUT2D eigenvalue weighted by Crippen LogP contribution is -2.29. The second-order valence-corrected chi connectivity index (χ2v) is 3.82. The van der Waals surface area contributed by atoms with E-state index < -0.39 is 5.82 Å². The molecule has 0 bridgehead atoms. The molecule has 5 heteroatoms. The van der Waals surface area contributed by atoms with Gasteiger partial charge in [0, 0.05) is 26.6 Å². The molecule has 0 heterocycles. The van der Waals surface area contributed by atoms with Gasteiger partial charge < -0.3 is 10.6 Å².